The van der Waals surface area contributed by atoms with Crippen LogP contribution in [-0.4, -0.2) is 61.6 Å². The van der Waals surface area contributed by atoms with Crippen molar-refractivity contribution in [2.24, 2.45) is 34.0 Å². The van der Waals surface area contributed by atoms with Gasteiger partial charge in [0, 0.05) is 17.3 Å². The Kier molecular flexibility index (Phi) is 4.12. The van der Waals surface area contributed by atoms with Gasteiger partial charge in [-0.2, -0.15) is 0 Å². The van der Waals surface area contributed by atoms with Crippen LogP contribution in [-0.2, 0) is 18.6 Å². The van der Waals surface area contributed by atoms with E-state index in [-0.39, 0.29) is 12.2 Å². The molecule has 0 aromatic rings. The fourth-order valence-electron chi connectivity index (χ4n) is 8.19. The van der Waals surface area contributed by atoms with Crippen LogP contribution in [0.15, 0.2) is 12.2 Å². The first-order chi connectivity index (χ1) is 13.7. The van der Waals surface area contributed by atoms with Crippen LogP contribution in [0.1, 0.15) is 39.5 Å². The molecule has 4 saturated carbocycles. The van der Waals surface area contributed by atoms with E-state index >= 15 is 0 Å². The number of fused-ring (bicyclic) bond motifs is 2. The number of aliphatic hydroxyl groups excluding tert-OH is 2. The molecule has 5 unspecified atom stereocenters. The number of carbonyl (C=O) groups excluding carboxylic acids is 1. The number of aliphatic hydroxyl groups is 3. The van der Waals surface area contributed by atoms with Gasteiger partial charge in [0.15, 0.2) is 5.78 Å². The van der Waals surface area contributed by atoms with Crippen molar-refractivity contribution in [1.29, 1.82) is 0 Å². The van der Waals surface area contributed by atoms with Crippen LogP contribution < -0.4 is 0 Å². The Morgan fingerprint density at radius 3 is 2.47 bits per heavy atom. The number of carbonyl (C=O) groups is 1. The standard InChI is InChI=1S/C20H29O9P/c1-9-10-4-5-11-18-8-28-20(24,19(11,14(9)21)15(10)22)16(23)13(18)17(2,3)7-6-12(18)29-30(25,26)27/h10-13,15-16,22-24H,1,4-8H2,2-3H3,(H2,25,26,27)/t10?,11?,12-,13?,15+,16-,18?,19?,20-/m0/s1. The van der Waals surface area contributed by atoms with E-state index in [9.17, 15) is 34.5 Å². The zero-order chi connectivity index (χ0) is 22.1. The number of hydrogen-bond donors (Lipinski definition) is 5. The van der Waals surface area contributed by atoms with Gasteiger partial charge in [0.05, 0.1) is 18.8 Å². The van der Waals surface area contributed by atoms with Crippen LogP contribution in [0.2, 0.25) is 0 Å². The average Bonchev–Trinajstić information content (AvgIpc) is 2.74. The highest BCUT2D eigenvalue weighted by Gasteiger charge is 2.87. The summed E-state index contributed by atoms with van der Waals surface area (Å²) < 4.78 is 22.9. The minimum atomic E-state index is -4.89. The summed E-state index contributed by atoms with van der Waals surface area (Å²) in [4.78, 5) is 32.7. The summed E-state index contributed by atoms with van der Waals surface area (Å²) in [5.74, 6) is -4.69. The lowest BCUT2D eigenvalue weighted by Gasteiger charge is -2.74. The molecule has 0 amide bonds. The Labute approximate surface area is 174 Å². The molecule has 0 radical (unpaired) electrons. The summed E-state index contributed by atoms with van der Waals surface area (Å²) in [6.07, 6.45) is -2.14. The van der Waals surface area contributed by atoms with Crippen molar-refractivity contribution in [2.75, 3.05) is 6.61 Å². The van der Waals surface area contributed by atoms with Crippen molar-refractivity contribution in [3.63, 3.8) is 0 Å². The largest absolute Gasteiger partial charge is 0.469 e. The molecule has 10 heteroatoms. The topological polar surface area (TPSA) is 154 Å². The fourth-order valence-corrected chi connectivity index (χ4v) is 8.82. The summed E-state index contributed by atoms with van der Waals surface area (Å²) in [7, 11) is -4.89. The predicted molar refractivity (Wildman–Crippen MR) is 102 cm³/mol. The lowest BCUT2D eigenvalue weighted by molar-refractivity contribution is -0.457. The molecule has 2 spiro atoms. The maximum Gasteiger partial charge on any atom is 0.469 e. The second-order valence-electron chi connectivity index (χ2n) is 10.5. The molecule has 2 aliphatic heterocycles. The maximum atomic E-state index is 13.5. The second kappa shape index (κ2) is 5.83. The van der Waals surface area contributed by atoms with Gasteiger partial charge in [-0.1, -0.05) is 20.4 Å². The molecule has 4 aliphatic carbocycles. The van der Waals surface area contributed by atoms with Gasteiger partial charge < -0.3 is 29.8 Å². The Morgan fingerprint density at radius 2 is 1.83 bits per heavy atom. The Bertz CT molecular complexity index is 882. The van der Waals surface area contributed by atoms with E-state index in [1.165, 1.54) is 0 Å². The van der Waals surface area contributed by atoms with Crippen LogP contribution in [0.5, 0.6) is 0 Å². The Hall–Kier alpha value is -0.640. The lowest BCUT2D eigenvalue weighted by atomic mass is 9.35. The van der Waals surface area contributed by atoms with E-state index in [0.29, 0.717) is 25.7 Å². The van der Waals surface area contributed by atoms with Crippen LogP contribution in [0, 0.1) is 34.0 Å². The third-order valence-corrected chi connectivity index (χ3v) is 9.64. The normalized spacial score (nSPS) is 54.1. The molecule has 0 aromatic heterocycles. The highest BCUT2D eigenvalue weighted by Crippen LogP contribution is 2.77. The molecule has 4 bridgehead atoms. The van der Waals surface area contributed by atoms with Gasteiger partial charge in [0.25, 0.3) is 0 Å². The fraction of sp³-hybridized carbons (Fsp3) is 0.850. The third kappa shape index (κ3) is 2.09. The molecule has 168 valence electrons. The zero-order valence-electron chi connectivity index (χ0n) is 17.0. The number of ether oxygens (including phenoxy) is 1. The number of phosphoric ester groups is 1. The molecular weight excluding hydrogens is 415 g/mol. The van der Waals surface area contributed by atoms with Gasteiger partial charge in [-0.05, 0) is 42.6 Å². The van der Waals surface area contributed by atoms with E-state index < -0.39 is 71.7 Å². The maximum absolute atomic E-state index is 13.5. The Balaban J connectivity index is 1.78. The molecule has 9 atom stereocenters. The van der Waals surface area contributed by atoms with Crippen molar-refractivity contribution in [3.8, 4) is 0 Å². The minimum Gasteiger partial charge on any atom is -0.391 e. The van der Waals surface area contributed by atoms with Crippen LogP contribution >= 0.6 is 7.82 Å². The number of phosphoric acid groups is 1. The average molecular weight is 444 g/mol. The summed E-state index contributed by atoms with van der Waals surface area (Å²) in [6.45, 7) is 7.60. The molecule has 5 N–H and O–H groups in total. The monoisotopic (exact) mass is 444 g/mol. The third-order valence-electron chi connectivity index (χ3n) is 9.11. The van der Waals surface area contributed by atoms with E-state index in [1.807, 2.05) is 13.8 Å². The highest BCUT2D eigenvalue weighted by atomic mass is 31.2. The van der Waals surface area contributed by atoms with E-state index in [4.69, 9.17) is 9.26 Å². The molecule has 9 nitrogen and oxygen atoms in total. The van der Waals surface area contributed by atoms with Gasteiger partial charge in [-0.25, -0.2) is 4.57 Å². The quantitative estimate of drug-likeness (QED) is 0.302. The van der Waals surface area contributed by atoms with E-state index in [1.54, 1.807) is 0 Å². The minimum absolute atomic E-state index is 0.122. The van der Waals surface area contributed by atoms with Crippen molar-refractivity contribution in [1.82, 2.24) is 0 Å². The second-order valence-corrected chi connectivity index (χ2v) is 11.7. The van der Waals surface area contributed by atoms with Gasteiger partial charge in [-0.3, -0.25) is 9.32 Å². The molecule has 30 heavy (non-hydrogen) atoms. The molecule has 6 aliphatic rings. The summed E-state index contributed by atoms with van der Waals surface area (Å²) in [6, 6.07) is 0. The smallest absolute Gasteiger partial charge is 0.391 e. The summed E-state index contributed by atoms with van der Waals surface area (Å²) in [5, 5.41) is 34.4. The van der Waals surface area contributed by atoms with Crippen LogP contribution in [0.25, 0.3) is 0 Å². The van der Waals surface area contributed by atoms with Gasteiger partial charge >= 0.3 is 7.82 Å². The number of hydrogen-bond acceptors (Lipinski definition) is 7. The van der Waals surface area contributed by atoms with Crippen LogP contribution in [0.4, 0.5) is 0 Å². The van der Waals surface area contributed by atoms with Crippen molar-refractivity contribution in [2.45, 2.75) is 63.6 Å². The number of ketones is 1. The number of Topliss-reactive ketones (excluding diaryl/α,β-unsaturated/α-hetero) is 1. The van der Waals surface area contributed by atoms with Crippen molar-refractivity contribution < 1.29 is 43.7 Å². The highest BCUT2D eigenvalue weighted by molar-refractivity contribution is 7.46. The molecule has 0 aromatic carbocycles. The zero-order valence-corrected chi connectivity index (χ0v) is 17.9. The first-order valence-electron chi connectivity index (χ1n) is 10.4. The predicted octanol–water partition coefficient (Wildman–Crippen LogP) is 0.493. The summed E-state index contributed by atoms with van der Waals surface area (Å²) in [5.41, 5.74) is -3.30. The molecular formula is C20H29O9P. The van der Waals surface area contributed by atoms with Gasteiger partial charge in [-0.15, -0.1) is 0 Å². The first kappa shape index (κ1) is 21.2. The van der Waals surface area contributed by atoms with Crippen molar-refractivity contribution >= 4 is 13.6 Å². The van der Waals surface area contributed by atoms with Crippen LogP contribution in [0.3, 0.4) is 0 Å². The lowest BCUT2D eigenvalue weighted by Crippen LogP contribution is -2.85. The molecule has 6 rings (SSSR count). The Morgan fingerprint density at radius 1 is 1.17 bits per heavy atom. The molecule has 2 heterocycles. The SMILES string of the molecule is C=C1C(=O)C23C(CCC1[C@H]2O)C12CO[C@@]3(O)[C@@H](O)C1C(C)(C)CC[C@@H]2OP(=O)(O)O. The molecule has 2 saturated heterocycles. The van der Waals surface area contributed by atoms with Gasteiger partial charge in [0.1, 0.15) is 11.5 Å². The molecule has 6 fully saturated rings. The summed E-state index contributed by atoms with van der Waals surface area (Å²) >= 11 is 0. The van der Waals surface area contributed by atoms with E-state index in [0.717, 1.165) is 0 Å². The van der Waals surface area contributed by atoms with E-state index in [2.05, 4.69) is 6.58 Å². The van der Waals surface area contributed by atoms with Crippen molar-refractivity contribution in [3.05, 3.63) is 12.2 Å². The van der Waals surface area contributed by atoms with Gasteiger partial charge in [0.2, 0.25) is 5.79 Å². The number of rotatable bonds is 2. The first-order valence-corrected chi connectivity index (χ1v) is 12.0.